The van der Waals surface area contributed by atoms with E-state index >= 15 is 0 Å². The van der Waals surface area contributed by atoms with Gasteiger partial charge in [0.05, 0.1) is 13.2 Å². The zero-order valence-electron chi connectivity index (χ0n) is 29.7. The average molecular weight is 775 g/mol. The number of aliphatic hydroxyl groups is 4. The van der Waals surface area contributed by atoms with Crippen molar-refractivity contribution in [3.8, 4) is 0 Å². The molecule has 4 N–H and O–H groups in total. The second-order valence-corrected chi connectivity index (χ2v) is 11.5. The lowest BCUT2D eigenvalue weighted by molar-refractivity contribution is -0.428. The first-order chi connectivity index (χ1) is 25.0. The van der Waals surface area contributed by atoms with Gasteiger partial charge in [0.2, 0.25) is 6.29 Å². The predicted octanol–water partition coefficient (Wildman–Crippen LogP) is -3.35. The topological polar surface area (TPSA) is 303 Å². The minimum atomic E-state index is -1.89. The van der Waals surface area contributed by atoms with Crippen LogP contribution >= 0.6 is 0 Å². The highest BCUT2D eigenvalue weighted by Crippen LogP contribution is 2.35. The molecule has 2 fully saturated rings. The van der Waals surface area contributed by atoms with Crippen LogP contribution < -0.4 is 0 Å². The summed E-state index contributed by atoms with van der Waals surface area (Å²) in [5, 5.41) is 37.9. The van der Waals surface area contributed by atoms with Gasteiger partial charge in [0.25, 0.3) is 0 Å². The summed E-state index contributed by atoms with van der Waals surface area (Å²) in [5.41, 5.74) is 0. The Morgan fingerprint density at radius 3 is 1.38 bits per heavy atom. The van der Waals surface area contributed by atoms with E-state index in [2.05, 4.69) is 0 Å². The highest BCUT2D eigenvalue weighted by Gasteiger charge is 2.57. The fourth-order valence-electron chi connectivity index (χ4n) is 4.80. The van der Waals surface area contributed by atoms with E-state index in [1.165, 1.54) is 0 Å². The Balaban J connectivity index is 2.72. The summed E-state index contributed by atoms with van der Waals surface area (Å²) in [5.74, 6) is -5.38. The van der Waals surface area contributed by atoms with Gasteiger partial charge >= 0.3 is 35.8 Å². The average Bonchev–Trinajstić information content (AvgIpc) is 3.06. The third-order valence-electron chi connectivity index (χ3n) is 6.86. The van der Waals surface area contributed by atoms with Crippen LogP contribution in [0.25, 0.3) is 0 Å². The van der Waals surface area contributed by atoms with E-state index in [-0.39, 0.29) is 0 Å². The quantitative estimate of drug-likeness (QED) is 0.0406. The molecule has 0 aromatic rings. The Hall–Kier alpha value is -3.62. The molecule has 2 saturated heterocycles. The third kappa shape index (κ3) is 15.3. The van der Waals surface area contributed by atoms with Crippen molar-refractivity contribution in [1.82, 2.24) is 0 Å². The number of ether oxygens (including phenoxy) is 9. The molecule has 23 nitrogen and oxygen atoms in total. The van der Waals surface area contributed by atoms with E-state index < -0.39 is 149 Å². The zero-order chi connectivity index (χ0) is 39.8. The largest absolute Gasteiger partial charge is 0.463 e. The molecule has 2 rings (SSSR count). The van der Waals surface area contributed by atoms with Crippen LogP contribution in [0, 0.1) is 0 Å². The van der Waals surface area contributed by atoms with Gasteiger partial charge in [-0.1, -0.05) is 0 Å². The lowest BCUT2D eigenvalue weighted by Crippen LogP contribution is -2.67. The van der Waals surface area contributed by atoms with Crippen LogP contribution in [-0.2, 0) is 90.9 Å². The van der Waals surface area contributed by atoms with E-state index in [0.717, 1.165) is 41.5 Å². The van der Waals surface area contributed by atoms with Gasteiger partial charge in [-0.3, -0.25) is 28.8 Å². The van der Waals surface area contributed by atoms with E-state index in [1.54, 1.807) is 0 Å². The maximum atomic E-state index is 12.5. The lowest BCUT2D eigenvalue weighted by Gasteiger charge is -2.48. The second kappa shape index (κ2) is 22.6. The summed E-state index contributed by atoms with van der Waals surface area (Å²) >= 11 is 0. The van der Waals surface area contributed by atoms with Crippen LogP contribution in [0.15, 0.2) is 0 Å². The first-order valence-electron chi connectivity index (χ1n) is 16.0. The van der Waals surface area contributed by atoms with Crippen molar-refractivity contribution in [2.24, 2.45) is 0 Å². The van der Waals surface area contributed by atoms with Gasteiger partial charge < -0.3 is 63.1 Å². The van der Waals surface area contributed by atoms with Gasteiger partial charge in [-0.2, -0.15) is 0 Å². The number of esters is 6. The van der Waals surface area contributed by atoms with E-state index in [0.29, 0.717) is 0 Å². The molecule has 0 aliphatic carbocycles. The fraction of sp³-hybridized carbons (Fsp3) is 0.800. The van der Waals surface area contributed by atoms with Crippen LogP contribution in [0.3, 0.4) is 0 Å². The molecule has 0 saturated carbocycles. The van der Waals surface area contributed by atoms with Crippen LogP contribution in [0.4, 0.5) is 0 Å². The molecule has 12 atom stereocenters. The molecule has 2 aliphatic rings. The molecule has 53 heavy (non-hydrogen) atoms. The molecular formula is C30H46O23. The molecule has 2 heterocycles. The molecule has 0 spiro atoms. The van der Waals surface area contributed by atoms with E-state index in [9.17, 15) is 49.2 Å². The maximum Gasteiger partial charge on any atom is 0.305 e. The second-order valence-electron chi connectivity index (χ2n) is 11.5. The van der Waals surface area contributed by atoms with Gasteiger partial charge in [-0.15, -0.1) is 0 Å². The summed E-state index contributed by atoms with van der Waals surface area (Å²) in [6, 6.07) is 0. The van der Waals surface area contributed by atoms with Crippen molar-refractivity contribution in [2.45, 2.75) is 115 Å². The summed E-state index contributed by atoms with van der Waals surface area (Å²) in [6.45, 7) is 2.04. The SMILES string of the molecule is CC(=O)OC[C@H]1O[C@@H](OC(C)=O)[C@@H](OOCC(O)CO)[C@@H](OC(C)=O)[C@@H]1O[C@@H]1O[C@H](COC(C)=O)[C@@H](OC(C)=O)[C@H](OOCC(O)CO)[C@H]1OC(C)=O. The highest BCUT2D eigenvalue weighted by molar-refractivity contribution is 5.68. The molecule has 0 amide bonds. The van der Waals surface area contributed by atoms with Crippen LogP contribution in [0.2, 0.25) is 0 Å². The van der Waals surface area contributed by atoms with Crippen molar-refractivity contribution in [1.29, 1.82) is 0 Å². The Morgan fingerprint density at radius 1 is 0.509 bits per heavy atom. The van der Waals surface area contributed by atoms with Gasteiger partial charge in [-0.05, 0) is 0 Å². The Kier molecular flexibility index (Phi) is 19.4. The van der Waals surface area contributed by atoms with Gasteiger partial charge in [0, 0.05) is 41.5 Å². The third-order valence-corrected chi connectivity index (χ3v) is 6.86. The van der Waals surface area contributed by atoms with Gasteiger partial charge in [0.15, 0.2) is 36.8 Å². The van der Waals surface area contributed by atoms with Crippen molar-refractivity contribution in [3.05, 3.63) is 0 Å². The fourth-order valence-corrected chi connectivity index (χ4v) is 4.80. The van der Waals surface area contributed by atoms with E-state index in [4.69, 9.17) is 62.2 Å². The molecule has 0 bridgehead atoms. The zero-order valence-corrected chi connectivity index (χ0v) is 29.7. The van der Waals surface area contributed by atoms with Gasteiger partial charge in [0.1, 0.15) is 56.9 Å². The van der Waals surface area contributed by atoms with Crippen LogP contribution in [0.1, 0.15) is 41.5 Å². The minimum absolute atomic E-state index is 0.633. The molecule has 304 valence electrons. The molecule has 2 unspecified atom stereocenters. The summed E-state index contributed by atoms with van der Waals surface area (Å²) in [6.07, 6.45) is -19.8. The van der Waals surface area contributed by atoms with Crippen LogP contribution in [0.5, 0.6) is 0 Å². The number of aliphatic hydroxyl groups excluding tert-OH is 4. The van der Waals surface area contributed by atoms with Crippen LogP contribution in [-0.4, -0.2) is 170 Å². The number of hydrogen-bond donors (Lipinski definition) is 4. The number of hydrogen-bond acceptors (Lipinski definition) is 23. The smallest absolute Gasteiger partial charge is 0.305 e. The van der Waals surface area contributed by atoms with Crippen molar-refractivity contribution < 1.29 is 111 Å². The first-order valence-corrected chi connectivity index (χ1v) is 16.0. The standard InChI is InChI=1S/C30H46O23/c1-13(33)41-11-21-23(25(46-16(4)36)28(30(50-21)48-18(6)38)53-44-10-20(40)8-32)51-29-27(47-17(5)37)26(52-43-9-19(39)7-31)24(45-15(3)35)22(49-29)12-42-14(2)34/h19-32,39-40H,7-12H2,1-6H3/t19?,20?,21-,22-,23-,24-,25+,26+,27-,28+,29+,30-/m1/s1. The lowest BCUT2D eigenvalue weighted by atomic mass is 9.96. The molecule has 2 aliphatic heterocycles. The minimum Gasteiger partial charge on any atom is -0.463 e. The monoisotopic (exact) mass is 774 g/mol. The van der Waals surface area contributed by atoms with Crippen molar-refractivity contribution >= 4 is 35.8 Å². The molecular weight excluding hydrogens is 728 g/mol. The van der Waals surface area contributed by atoms with Gasteiger partial charge in [-0.25, -0.2) is 19.6 Å². The molecule has 23 heteroatoms. The Bertz CT molecular complexity index is 1210. The molecule has 0 radical (unpaired) electrons. The summed E-state index contributed by atoms with van der Waals surface area (Å²) in [7, 11) is 0. The molecule has 0 aromatic heterocycles. The summed E-state index contributed by atoms with van der Waals surface area (Å²) < 4.78 is 50.0. The maximum absolute atomic E-state index is 12.5. The number of carbonyl (C=O) groups is 6. The number of carbonyl (C=O) groups excluding carboxylic acids is 6. The van der Waals surface area contributed by atoms with E-state index in [1.807, 2.05) is 0 Å². The predicted molar refractivity (Wildman–Crippen MR) is 162 cm³/mol. The molecule has 0 aromatic carbocycles. The van der Waals surface area contributed by atoms with Crippen molar-refractivity contribution in [2.75, 3.05) is 39.6 Å². The Labute approximate surface area is 302 Å². The summed E-state index contributed by atoms with van der Waals surface area (Å²) in [4.78, 5) is 93.8. The highest BCUT2D eigenvalue weighted by atomic mass is 17.2. The van der Waals surface area contributed by atoms with Crippen molar-refractivity contribution in [3.63, 3.8) is 0 Å². The normalized spacial score (nSPS) is 29.5. The Morgan fingerprint density at radius 2 is 0.925 bits per heavy atom. The first kappa shape index (κ1) is 45.5. The number of rotatable bonds is 20.